The minimum absolute atomic E-state index is 0.288. The molecule has 1 aromatic heterocycles. The molecule has 2 aromatic carbocycles. The highest BCUT2D eigenvalue weighted by atomic mass is 79.9. The number of halogens is 1. The van der Waals surface area contributed by atoms with Crippen molar-refractivity contribution in [3.05, 3.63) is 58.7 Å². The number of fused-ring (bicyclic) bond motifs is 1. The Labute approximate surface area is 130 Å². The van der Waals surface area contributed by atoms with Crippen LogP contribution in [0.2, 0.25) is 0 Å². The topological polar surface area (TPSA) is 60.9 Å². The van der Waals surface area contributed by atoms with Crippen LogP contribution in [-0.2, 0) is 4.79 Å². The van der Waals surface area contributed by atoms with E-state index in [-0.39, 0.29) is 11.8 Å². The van der Waals surface area contributed by atoms with Gasteiger partial charge in [0.1, 0.15) is 0 Å². The van der Waals surface area contributed by atoms with Crippen molar-refractivity contribution < 1.29 is 4.79 Å². The zero-order chi connectivity index (χ0) is 15.0. The highest BCUT2D eigenvalue weighted by molar-refractivity contribution is 9.10. The zero-order valence-electron chi connectivity index (χ0n) is 11.5. The Morgan fingerprint density at radius 2 is 1.95 bits per heavy atom. The Bertz CT molecular complexity index is 808. The number of aromatic nitrogens is 2. The Balaban J connectivity index is 2.01. The third-order valence-electron chi connectivity index (χ3n) is 3.59. The molecule has 21 heavy (non-hydrogen) atoms. The summed E-state index contributed by atoms with van der Waals surface area (Å²) in [6.07, 6.45) is 1.83. The summed E-state index contributed by atoms with van der Waals surface area (Å²) in [5.74, 6) is -0.610. The molecule has 0 aliphatic heterocycles. The first-order valence-corrected chi connectivity index (χ1v) is 7.38. The lowest BCUT2D eigenvalue weighted by molar-refractivity contribution is -0.119. The van der Waals surface area contributed by atoms with Gasteiger partial charge in [-0.25, -0.2) is 4.68 Å². The number of carbonyl (C=O) groups is 1. The fourth-order valence-electron chi connectivity index (χ4n) is 2.28. The van der Waals surface area contributed by atoms with Crippen LogP contribution in [0.5, 0.6) is 0 Å². The molecule has 0 bridgehead atoms. The molecule has 0 fully saturated rings. The van der Waals surface area contributed by atoms with E-state index in [0.29, 0.717) is 0 Å². The van der Waals surface area contributed by atoms with Gasteiger partial charge in [-0.3, -0.25) is 4.79 Å². The summed E-state index contributed by atoms with van der Waals surface area (Å²) in [4.78, 5) is 11.2. The van der Waals surface area contributed by atoms with Gasteiger partial charge < -0.3 is 5.73 Å². The number of nitrogens with zero attached hydrogens (tertiary/aromatic N) is 2. The van der Waals surface area contributed by atoms with Crippen LogP contribution in [0.3, 0.4) is 0 Å². The smallest absolute Gasteiger partial charge is 0.224 e. The maximum Gasteiger partial charge on any atom is 0.224 e. The fourth-order valence-corrected chi connectivity index (χ4v) is 2.66. The number of hydrogen-bond donors (Lipinski definition) is 1. The number of amides is 1. The van der Waals surface area contributed by atoms with Crippen molar-refractivity contribution in [3.63, 3.8) is 0 Å². The summed E-state index contributed by atoms with van der Waals surface area (Å²) in [5, 5.41) is 5.49. The van der Waals surface area contributed by atoms with Gasteiger partial charge in [-0.2, -0.15) is 5.10 Å². The number of rotatable bonds is 3. The summed E-state index contributed by atoms with van der Waals surface area (Å²) >= 11 is 3.46. The van der Waals surface area contributed by atoms with Crippen LogP contribution in [0.4, 0.5) is 0 Å². The van der Waals surface area contributed by atoms with E-state index in [1.165, 1.54) is 0 Å². The van der Waals surface area contributed by atoms with Crippen molar-refractivity contribution >= 4 is 32.7 Å². The molecule has 1 unspecified atom stereocenters. The average molecular weight is 344 g/mol. The molecule has 4 nitrogen and oxygen atoms in total. The summed E-state index contributed by atoms with van der Waals surface area (Å²) < 4.78 is 2.90. The molecule has 106 valence electrons. The maximum absolute atomic E-state index is 11.2. The highest BCUT2D eigenvalue weighted by Crippen LogP contribution is 2.23. The lowest BCUT2D eigenvalue weighted by atomic mass is 10.0. The van der Waals surface area contributed by atoms with Crippen molar-refractivity contribution in [2.75, 3.05) is 0 Å². The predicted octanol–water partition coefficient (Wildman–Crippen LogP) is 3.38. The van der Waals surface area contributed by atoms with E-state index in [1.807, 2.05) is 53.3 Å². The fraction of sp³-hybridized carbons (Fsp3) is 0.125. The zero-order valence-corrected chi connectivity index (χ0v) is 13.0. The van der Waals surface area contributed by atoms with Gasteiger partial charge in [0, 0.05) is 9.86 Å². The first-order chi connectivity index (χ1) is 10.1. The second-order valence-corrected chi connectivity index (χ2v) is 5.89. The number of nitrogens with two attached hydrogens (primary N) is 1. The van der Waals surface area contributed by atoms with E-state index in [9.17, 15) is 4.79 Å². The molecular formula is C16H14BrN3O. The quantitative estimate of drug-likeness (QED) is 0.792. The Kier molecular flexibility index (Phi) is 3.51. The van der Waals surface area contributed by atoms with Gasteiger partial charge in [0.2, 0.25) is 5.91 Å². The molecule has 0 aliphatic carbocycles. The standard InChI is InChI=1S/C16H14BrN3O/c1-10(16(18)21)11-2-5-14(6-3-11)20-15-7-4-13(17)8-12(15)9-19-20/h2-10H,1H3,(H2,18,21). The molecule has 0 saturated carbocycles. The summed E-state index contributed by atoms with van der Waals surface area (Å²) in [6, 6.07) is 13.8. The molecule has 2 N–H and O–H groups in total. The van der Waals surface area contributed by atoms with Crippen LogP contribution < -0.4 is 5.73 Å². The molecule has 1 atom stereocenters. The summed E-state index contributed by atoms with van der Waals surface area (Å²) in [7, 11) is 0. The predicted molar refractivity (Wildman–Crippen MR) is 86.4 cm³/mol. The third-order valence-corrected chi connectivity index (χ3v) is 4.09. The van der Waals surface area contributed by atoms with Crippen molar-refractivity contribution in [1.82, 2.24) is 9.78 Å². The minimum Gasteiger partial charge on any atom is -0.369 e. The largest absolute Gasteiger partial charge is 0.369 e. The maximum atomic E-state index is 11.2. The van der Waals surface area contributed by atoms with E-state index in [0.717, 1.165) is 26.6 Å². The first kappa shape index (κ1) is 13.8. The van der Waals surface area contributed by atoms with Crippen LogP contribution in [0.1, 0.15) is 18.4 Å². The van der Waals surface area contributed by atoms with E-state index in [1.54, 1.807) is 6.92 Å². The Hall–Kier alpha value is -2.14. The second kappa shape index (κ2) is 5.33. The van der Waals surface area contributed by atoms with Gasteiger partial charge in [-0.05, 0) is 42.8 Å². The molecule has 3 rings (SSSR count). The van der Waals surface area contributed by atoms with Crippen molar-refractivity contribution in [2.24, 2.45) is 5.73 Å². The molecule has 0 radical (unpaired) electrons. The first-order valence-electron chi connectivity index (χ1n) is 6.59. The molecular weight excluding hydrogens is 330 g/mol. The van der Waals surface area contributed by atoms with Gasteiger partial charge in [0.15, 0.2) is 0 Å². The van der Waals surface area contributed by atoms with Gasteiger partial charge >= 0.3 is 0 Å². The van der Waals surface area contributed by atoms with Crippen molar-refractivity contribution in [1.29, 1.82) is 0 Å². The molecule has 5 heteroatoms. The Morgan fingerprint density at radius 3 is 2.62 bits per heavy atom. The molecule has 0 saturated heterocycles. The number of carbonyl (C=O) groups excluding carboxylic acids is 1. The average Bonchev–Trinajstić information content (AvgIpc) is 2.89. The van der Waals surface area contributed by atoms with Crippen molar-refractivity contribution in [2.45, 2.75) is 12.8 Å². The number of hydrogen-bond acceptors (Lipinski definition) is 2. The summed E-state index contributed by atoms with van der Waals surface area (Å²) in [5.41, 5.74) is 8.22. The molecule has 0 aliphatic rings. The van der Waals surface area contributed by atoms with Crippen LogP contribution in [0.25, 0.3) is 16.6 Å². The summed E-state index contributed by atoms with van der Waals surface area (Å²) in [6.45, 7) is 1.80. The van der Waals surface area contributed by atoms with Gasteiger partial charge in [-0.1, -0.05) is 28.1 Å². The minimum atomic E-state index is -0.322. The number of primary amides is 1. The highest BCUT2D eigenvalue weighted by Gasteiger charge is 2.12. The SMILES string of the molecule is CC(C(N)=O)c1ccc(-n2ncc3cc(Br)ccc32)cc1. The van der Waals surface area contributed by atoms with Crippen molar-refractivity contribution in [3.8, 4) is 5.69 Å². The molecule has 1 heterocycles. The van der Waals surface area contributed by atoms with E-state index in [4.69, 9.17) is 5.73 Å². The van der Waals surface area contributed by atoms with E-state index in [2.05, 4.69) is 21.0 Å². The molecule has 3 aromatic rings. The molecule has 1 amide bonds. The van der Waals surface area contributed by atoms with E-state index < -0.39 is 0 Å². The molecule has 0 spiro atoms. The monoisotopic (exact) mass is 343 g/mol. The lowest BCUT2D eigenvalue weighted by Crippen LogP contribution is -2.18. The normalized spacial score (nSPS) is 12.5. The van der Waals surface area contributed by atoms with Gasteiger partial charge in [-0.15, -0.1) is 0 Å². The van der Waals surface area contributed by atoms with Gasteiger partial charge in [0.05, 0.1) is 23.3 Å². The third kappa shape index (κ3) is 2.56. The lowest BCUT2D eigenvalue weighted by Gasteiger charge is -2.09. The van der Waals surface area contributed by atoms with Crippen LogP contribution in [0, 0.1) is 0 Å². The second-order valence-electron chi connectivity index (χ2n) is 4.98. The van der Waals surface area contributed by atoms with Crippen LogP contribution in [-0.4, -0.2) is 15.7 Å². The van der Waals surface area contributed by atoms with E-state index >= 15 is 0 Å². The Morgan fingerprint density at radius 1 is 1.24 bits per heavy atom. The van der Waals surface area contributed by atoms with Crippen LogP contribution in [0.15, 0.2) is 53.1 Å². The number of benzene rings is 2. The van der Waals surface area contributed by atoms with Gasteiger partial charge in [0.25, 0.3) is 0 Å². The van der Waals surface area contributed by atoms with Crippen LogP contribution >= 0.6 is 15.9 Å².